The lowest BCUT2D eigenvalue weighted by molar-refractivity contribution is 0.411. The second-order valence-electron chi connectivity index (χ2n) is 4.47. The molecule has 1 rings (SSSR count). The zero-order valence-electron chi connectivity index (χ0n) is 11.0. The van der Waals surface area contributed by atoms with Crippen LogP contribution in [0.15, 0.2) is 18.5 Å². The molecule has 17 heavy (non-hydrogen) atoms. The fourth-order valence-corrected chi connectivity index (χ4v) is 1.88. The highest BCUT2D eigenvalue weighted by molar-refractivity contribution is 5.25. The molecule has 0 aliphatic rings. The fraction of sp³-hybridized carbons (Fsp3) is 0.643. The van der Waals surface area contributed by atoms with Gasteiger partial charge in [-0.1, -0.05) is 39.0 Å². The minimum atomic E-state index is 0.0826. The first kappa shape index (κ1) is 14.0. The number of ether oxygens (including phenoxy) is 1. The molecular weight excluding hydrogens is 212 g/mol. The Balaban J connectivity index is 2.33. The number of methoxy groups -OCH3 is 1. The van der Waals surface area contributed by atoms with Crippen LogP contribution in [0.1, 0.15) is 57.1 Å². The van der Waals surface area contributed by atoms with Gasteiger partial charge in [0.25, 0.3) is 0 Å². The van der Waals surface area contributed by atoms with E-state index in [1.54, 1.807) is 13.3 Å². The van der Waals surface area contributed by atoms with E-state index >= 15 is 0 Å². The van der Waals surface area contributed by atoms with E-state index < -0.39 is 0 Å². The molecular formula is C14H24N2O. The fourth-order valence-electron chi connectivity index (χ4n) is 1.88. The zero-order valence-corrected chi connectivity index (χ0v) is 11.0. The first-order chi connectivity index (χ1) is 8.27. The largest absolute Gasteiger partial charge is 0.495 e. The summed E-state index contributed by atoms with van der Waals surface area (Å²) in [7, 11) is 1.65. The van der Waals surface area contributed by atoms with Gasteiger partial charge in [-0.2, -0.15) is 0 Å². The number of pyridine rings is 1. The van der Waals surface area contributed by atoms with Crippen molar-refractivity contribution < 1.29 is 4.74 Å². The van der Waals surface area contributed by atoms with Gasteiger partial charge in [0, 0.05) is 12.2 Å². The average Bonchev–Trinajstić information content (AvgIpc) is 2.38. The second kappa shape index (κ2) is 8.07. The SMILES string of the molecule is CCCCCCCC(N)c1cncc(OC)c1. The highest BCUT2D eigenvalue weighted by Crippen LogP contribution is 2.20. The normalized spacial score (nSPS) is 12.4. The summed E-state index contributed by atoms with van der Waals surface area (Å²) in [5.41, 5.74) is 7.21. The van der Waals surface area contributed by atoms with Crippen LogP contribution < -0.4 is 10.5 Å². The number of aromatic nitrogens is 1. The van der Waals surface area contributed by atoms with E-state index in [1.807, 2.05) is 12.3 Å². The third-order valence-electron chi connectivity index (χ3n) is 3.02. The van der Waals surface area contributed by atoms with Gasteiger partial charge in [0.2, 0.25) is 0 Å². The van der Waals surface area contributed by atoms with Crippen LogP contribution >= 0.6 is 0 Å². The van der Waals surface area contributed by atoms with Gasteiger partial charge in [-0.25, -0.2) is 0 Å². The summed E-state index contributed by atoms with van der Waals surface area (Å²) in [4.78, 5) is 4.13. The maximum absolute atomic E-state index is 6.14. The molecule has 1 atom stereocenters. The van der Waals surface area contributed by atoms with E-state index in [2.05, 4.69) is 11.9 Å². The minimum absolute atomic E-state index is 0.0826. The molecule has 1 unspecified atom stereocenters. The molecule has 1 heterocycles. The Bertz CT molecular complexity index is 315. The van der Waals surface area contributed by atoms with Crippen molar-refractivity contribution in [3.8, 4) is 5.75 Å². The Morgan fingerprint density at radius 3 is 2.71 bits per heavy atom. The quantitative estimate of drug-likeness (QED) is 0.703. The standard InChI is InChI=1S/C14H24N2O/c1-3-4-5-6-7-8-14(15)12-9-13(17-2)11-16-10-12/h9-11,14H,3-8,15H2,1-2H3. The lowest BCUT2D eigenvalue weighted by Gasteiger charge is -2.12. The lowest BCUT2D eigenvalue weighted by atomic mass is 10.0. The molecule has 0 saturated heterocycles. The monoisotopic (exact) mass is 236 g/mol. The maximum atomic E-state index is 6.14. The molecule has 3 nitrogen and oxygen atoms in total. The van der Waals surface area contributed by atoms with Crippen LogP contribution in [0, 0.1) is 0 Å². The van der Waals surface area contributed by atoms with Crippen LogP contribution in [-0.4, -0.2) is 12.1 Å². The molecule has 0 saturated carbocycles. The predicted octanol–water partition coefficient (Wildman–Crippen LogP) is 3.45. The van der Waals surface area contributed by atoms with Crippen LogP contribution in [0.25, 0.3) is 0 Å². The van der Waals surface area contributed by atoms with Crippen molar-refractivity contribution in [3.05, 3.63) is 24.0 Å². The Hall–Kier alpha value is -1.09. The molecule has 0 spiro atoms. The summed E-state index contributed by atoms with van der Waals surface area (Å²) in [6.45, 7) is 2.23. The van der Waals surface area contributed by atoms with Crippen LogP contribution in [0.3, 0.4) is 0 Å². The van der Waals surface area contributed by atoms with Crippen LogP contribution in [-0.2, 0) is 0 Å². The third-order valence-corrected chi connectivity index (χ3v) is 3.02. The van der Waals surface area contributed by atoms with Crippen molar-refractivity contribution in [3.63, 3.8) is 0 Å². The lowest BCUT2D eigenvalue weighted by Crippen LogP contribution is -2.10. The van der Waals surface area contributed by atoms with Crippen LogP contribution in [0.4, 0.5) is 0 Å². The van der Waals surface area contributed by atoms with Crippen molar-refractivity contribution in [2.24, 2.45) is 5.73 Å². The maximum Gasteiger partial charge on any atom is 0.137 e. The Morgan fingerprint density at radius 2 is 2.00 bits per heavy atom. The van der Waals surface area contributed by atoms with Crippen molar-refractivity contribution in [2.45, 2.75) is 51.5 Å². The van der Waals surface area contributed by atoms with E-state index in [4.69, 9.17) is 10.5 Å². The summed E-state index contributed by atoms with van der Waals surface area (Å²) in [6.07, 6.45) is 11.0. The Morgan fingerprint density at radius 1 is 1.24 bits per heavy atom. The van der Waals surface area contributed by atoms with Crippen molar-refractivity contribution in [1.29, 1.82) is 0 Å². The van der Waals surface area contributed by atoms with E-state index in [0.29, 0.717) is 0 Å². The van der Waals surface area contributed by atoms with E-state index in [-0.39, 0.29) is 6.04 Å². The highest BCUT2D eigenvalue weighted by Gasteiger charge is 2.07. The smallest absolute Gasteiger partial charge is 0.137 e. The Labute approximate surface area is 104 Å². The molecule has 0 aliphatic carbocycles. The van der Waals surface area contributed by atoms with Gasteiger partial charge in [0.15, 0.2) is 0 Å². The predicted molar refractivity (Wildman–Crippen MR) is 71.1 cm³/mol. The first-order valence-electron chi connectivity index (χ1n) is 6.52. The molecule has 0 aromatic carbocycles. The van der Waals surface area contributed by atoms with Gasteiger partial charge in [-0.05, 0) is 18.1 Å². The van der Waals surface area contributed by atoms with Crippen molar-refractivity contribution >= 4 is 0 Å². The number of hydrogen-bond donors (Lipinski definition) is 1. The van der Waals surface area contributed by atoms with E-state index in [0.717, 1.165) is 17.7 Å². The number of hydrogen-bond acceptors (Lipinski definition) is 3. The van der Waals surface area contributed by atoms with Gasteiger partial charge in [-0.15, -0.1) is 0 Å². The summed E-state index contributed by atoms with van der Waals surface area (Å²) < 4.78 is 5.14. The molecule has 3 heteroatoms. The molecule has 0 amide bonds. The van der Waals surface area contributed by atoms with Crippen LogP contribution in [0.2, 0.25) is 0 Å². The molecule has 96 valence electrons. The molecule has 0 bridgehead atoms. The van der Waals surface area contributed by atoms with Gasteiger partial charge in [-0.3, -0.25) is 4.98 Å². The molecule has 1 aromatic rings. The molecule has 0 fully saturated rings. The third kappa shape index (κ3) is 5.18. The van der Waals surface area contributed by atoms with Gasteiger partial charge >= 0.3 is 0 Å². The van der Waals surface area contributed by atoms with Crippen molar-refractivity contribution in [2.75, 3.05) is 7.11 Å². The zero-order chi connectivity index (χ0) is 12.5. The molecule has 0 radical (unpaired) electrons. The summed E-state index contributed by atoms with van der Waals surface area (Å²) in [5, 5.41) is 0. The number of rotatable bonds is 8. The van der Waals surface area contributed by atoms with E-state index in [1.165, 1.54) is 32.1 Å². The Kier molecular flexibility index (Phi) is 6.63. The van der Waals surface area contributed by atoms with Crippen molar-refractivity contribution in [1.82, 2.24) is 4.98 Å². The summed E-state index contributed by atoms with van der Waals surface area (Å²) in [6, 6.07) is 2.06. The van der Waals surface area contributed by atoms with Gasteiger partial charge in [0.05, 0.1) is 13.3 Å². The van der Waals surface area contributed by atoms with Crippen LogP contribution in [0.5, 0.6) is 5.75 Å². The summed E-state index contributed by atoms with van der Waals surface area (Å²) in [5.74, 6) is 0.781. The number of unbranched alkanes of at least 4 members (excludes halogenated alkanes) is 4. The molecule has 0 aliphatic heterocycles. The molecule has 2 N–H and O–H groups in total. The van der Waals surface area contributed by atoms with Gasteiger partial charge < -0.3 is 10.5 Å². The minimum Gasteiger partial charge on any atom is -0.495 e. The number of nitrogens with zero attached hydrogens (tertiary/aromatic N) is 1. The summed E-state index contributed by atoms with van der Waals surface area (Å²) >= 11 is 0. The highest BCUT2D eigenvalue weighted by atomic mass is 16.5. The second-order valence-corrected chi connectivity index (χ2v) is 4.47. The van der Waals surface area contributed by atoms with E-state index in [9.17, 15) is 0 Å². The topological polar surface area (TPSA) is 48.1 Å². The first-order valence-corrected chi connectivity index (χ1v) is 6.52. The number of nitrogens with two attached hydrogens (primary N) is 1. The molecule has 1 aromatic heterocycles. The van der Waals surface area contributed by atoms with Gasteiger partial charge in [0.1, 0.15) is 5.75 Å². The average molecular weight is 236 g/mol.